The van der Waals surface area contributed by atoms with Gasteiger partial charge in [0.15, 0.2) is 0 Å². The van der Waals surface area contributed by atoms with Gasteiger partial charge in [0.1, 0.15) is 0 Å². The van der Waals surface area contributed by atoms with E-state index in [1.165, 1.54) is 0 Å². The van der Waals surface area contributed by atoms with E-state index in [0.29, 0.717) is 0 Å². The molecule has 13 heavy (non-hydrogen) atoms. The Labute approximate surface area is 77.1 Å². The van der Waals surface area contributed by atoms with Gasteiger partial charge in [-0.25, -0.2) is 4.18 Å². The summed E-state index contributed by atoms with van der Waals surface area (Å²) < 4.78 is 53.9. The molecule has 0 atom stereocenters. The molecular weight excluding hydrogens is 224 g/mol. The highest BCUT2D eigenvalue weighted by molar-refractivity contribution is 7.86. The van der Waals surface area contributed by atoms with Gasteiger partial charge in [0.2, 0.25) is 0 Å². The number of hydrogen-bond donors (Lipinski definition) is 0. The molecule has 0 radical (unpaired) electrons. The predicted molar refractivity (Wildman–Crippen MR) is 42.7 cm³/mol. The first-order chi connectivity index (χ1) is 5.77. The second kappa shape index (κ2) is 4.86. The molecule has 0 aromatic carbocycles. The van der Waals surface area contributed by atoms with Gasteiger partial charge < -0.3 is 0 Å². The second-order valence-corrected chi connectivity index (χ2v) is 4.95. The highest BCUT2D eigenvalue weighted by Crippen LogP contribution is 1.93. The monoisotopic (exact) mass is 234 g/mol. The zero-order chi connectivity index (χ0) is 10.5. The summed E-state index contributed by atoms with van der Waals surface area (Å²) in [7, 11) is -6.65. The molecular formula is C4H10O7S2. The van der Waals surface area contributed by atoms with Crippen LogP contribution in [-0.4, -0.2) is 43.4 Å². The third-order valence-electron chi connectivity index (χ3n) is 0.813. The zero-order valence-corrected chi connectivity index (χ0v) is 8.72. The highest BCUT2D eigenvalue weighted by Gasteiger charge is 2.09. The van der Waals surface area contributed by atoms with Crippen LogP contribution in [0, 0.1) is 0 Å². The molecule has 0 heterocycles. The summed E-state index contributed by atoms with van der Waals surface area (Å²) in [4.78, 5) is 0. The minimum absolute atomic E-state index is 0.374. The fraction of sp³-hybridized carbons (Fsp3) is 1.00. The van der Waals surface area contributed by atoms with Gasteiger partial charge in [0, 0.05) is 0 Å². The van der Waals surface area contributed by atoms with E-state index in [9.17, 15) is 16.8 Å². The van der Waals surface area contributed by atoms with Crippen LogP contribution in [-0.2, 0) is 33.1 Å². The first-order valence-electron chi connectivity index (χ1n) is 3.06. The van der Waals surface area contributed by atoms with E-state index in [1.54, 1.807) is 0 Å². The summed E-state index contributed by atoms with van der Waals surface area (Å²) in [5, 5.41) is 0. The molecule has 0 aliphatic heterocycles. The summed E-state index contributed by atoms with van der Waals surface area (Å²) in [5.74, 6) is 0. The van der Waals surface area contributed by atoms with Gasteiger partial charge in [-0.2, -0.15) is 16.8 Å². The lowest BCUT2D eigenvalue weighted by Crippen LogP contribution is -2.14. The van der Waals surface area contributed by atoms with E-state index >= 15 is 0 Å². The topological polar surface area (TPSA) is 96.0 Å². The van der Waals surface area contributed by atoms with Crippen molar-refractivity contribution in [3.63, 3.8) is 0 Å². The van der Waals surface area contributed by atoms with Crippen LogP contribution in [0.1, 0.15) is 0 Å². The standard InChI is InChI=1S/C4H10O7S2/c1-9-13(7,8)11-4-3-10-12(2,5)6/h3-4H2,1-2H3. The lowest BCUT2D eigenvalue weighted by atomic mass is 10.8. The van der Waals surface area contributed by atoms with Crippen LogP contribution >= 0.6 is 0 Å². The van der Waals surface area contributed by atoms with Crippen molar-refractivity contribution in [1.29, 1.82) is 0 Å². The Kier molecular flexibility index (Phi) is 4.78. The molecule has 0 amide bonds. The van der Waals surface area contributed by atoms with E-state index < -0.39 is 27.1 Å². The average Bonchev–Trinajstić information content (AvgIpc) is 1.97. The Morgan fingerprint density at radius 2 is 1.46 bits per heavy atom. The Bertz CT molecular complexity index is 326. The first kappa shape index (κ1) is 12.8. The first-order valence-corrected chi connectivity index (χ1v) is 6.21. The molecule has 0 unspecified atom stereocenters. The summed E-state index contributed by atoms with van der Waals surface area (Å²) >= 11 is 0. The van der Waals surface area contributed by atoms with Crippen LogP contribution in [0.3, 0.4) is 0 Å². The molecule has 0 saturated heterocycles. The quantitative estimate of drug-likeness (QED) is 0.424. The molecule has 0 aliphatic carbocycles. The normalized spacial score (nSPS) is 13.1. The van der Waals surface area contributed by atoms with E-state index in [-0.39, 0.29) is 6.61 Å². The fourth-order valence-corrected chi connectivity index (χ4v) is 1.11. The third kappa shape index (κ3) is 8.12. The summed E-state index contributed by atoms with van der Waals surface area (Å²) in [6.07, 6.45) is 0.845. The maximum Gasteiger partial charge on any atom is 0.399 e. The van der Waals surface area contributed by atoms with Crippen LogP contribution in [0.25, 0.3) is 0 Å². The molecule has 0 bridgehead atoms. The van der Waals surface area contributed by atoms with Gasteiger partial charge in [-0.15, -0.1) is 0 Å². The van der Waals surface area contributed by atoms with Crippen molar-refractivity contribution < 1.29 is 29.4 Å². The third-order valence-corrected chi connectivity index (χ3v) is 2.27. The van der Waals surface area contributed by atoms with E-state index in [4.69, 9.17) is 0 Å². The summed E-state index contributed by atoms with van der Waals surface area (Å²) in [6.45, 7) is -0.787. The zero-order valence-electron chi connectivity index (χ0n) is 7.09. The van der Waals surface area contributed by atoms with Gasteiger partial charge >= 0.3 is 10.4 Å². The second-order valence-electron chi connectivity index (χ2n) is 1.92. The molecule has 0 aromatic heterocycles. The lowest BCUT2D eigenvalue weighted by molar-refractivity contribution is 0.195. The van der Waals surface area contributed by atoms with Crippen molar-refractivity contribution in [3.8, 4) is 0 Å². The summed E-state index contributed by atoms with van der Waals surface area (Å²) in [6, 6.07) is 0. The van der Waals surface area contributed by atoms with E-state index in [1.807, 2.05) is 0 Å². The summed E-state index contributed by atoms with van der Waals surface area (Å²) in [5.41, 5.74) is 0. The SMILES string of the molecule is COS(=O)(=O)OCCOS(C)(=O)=O. The minimum Gasteiger partial charge on any atom is -0.268 e. The van der Waals surface area contributed by atoms with Crippen LogP contribution in [0.2, 0.25) is 0 Å². The molecule has 9 heteroatoms. The highest BCUT2D eigenvalue weighted by atomic mass is 32.3. The molecule has 0 aliphatic rings. The Morgan fingerprint density at radius 3 is 1.85 bits per heavy atom. The van der Waals surface area contributed by atoms with Crippen LogP contribution < -0.4 is 0 Å². The number of hydrogen-bond acceptors (Lipinski definition) is 7. The van der Waals surface area contributed by atoms with Crippen molar-refractivity contribution in [2.45, 2.75) is 0 Å². The van der Waals surface area contributed by atoms with Gasteiger partial charge in [-0.1, -0.05) is 0 Å². The molecule has 0 rings (SSSR count). The molecule has 80 valence electrons. The van der Waals surface area contributed by atoms with Gasteiger partial charge in [0.25, 0.3) is 10.1 Å². The van der Waals surface area contributed by atoms with Crippen LogP contribution in [0.5, 0.6) is 0 Å². The molecule has 0 spiro atoms. The van der Waals surface area contributed by atoms with Crippen molar-refractivity contribution in [1.82, 2.24) is 0 Å². The average molecular weight is 234 g/mol. The van der Waals surface area contributed by atoms with Crippen LogP contribution in [0.4, 0.5) is 0 Å². The van der Waals surface area contributed by atoms with E-state index in [0.717, 1.165) is 13.4 Å². The smallest absolute Gasteiger partial charge is 0.268 e. The maximum atomic E-state index is 10.5. The molecule has 0 N–H and O–H groups in total. The lowest BCUT2D eigenvalue weighted by Gasteiger charge is -2.02. The molecule has 0 saturated carbocycles. The molecule has 0 aromatic rings. The molecule has 7 nitrogen and oxygen atoms in total. The van der Waals surface area contributed by atoms with Crippen LogP contribution in [0.15, 0.2) is 0 Å². The largest absolute Gasteiger partial charge is 0.399 e. The Balaban J connectivity index is 3.71. The van der Waals surface area contributed by atoms with Crippen molar-refractivity contribution >= 4 is 20.5 Å². The maximum absolute atomic E-state index is 10.5. The predicted octanol–water partition coefficient (Wildman–Crippen LogP) is -1.13. The van der Waals surface area contributed by atoms with Crippen molar-refractivity contribution in [2.24, 2.45) is 0 Å². The fourth-order valence-electron chi connectivity index (χ4n) is 0.370. The van der Waals surface area contributed by atoms with Gasteiger partial charge in [0.05, 0.1) is 26.6 Å². The number of rotatable bonds is 6. The van der Waals surface area contributed by atoms with Crippen molar-refractivity contribution in [2.75, 3.05) is 26.6 Å². The van der Waals surface area contributed by atoms with Gasteiger partial charge in [-0.05, 0) is 0 Å². The van der Waals surface area contributed by atoms with E-state index in [2.05, 4.69) is 12.5 Å². The minimum atomic E-state index is -4.01. The Morgan fingerprint density at radius 1 is 1.00 bits per heavy atom. The van der Waals surface area contributed by atoms with Gasteiger partial charge in [-0.3, -0.25) is 8.37 Å². The van der Waals surface area contributed by atoms with Crippen molar-refractivity contribution in [3.05, 3.63) is 0 Å². The Hall–Kier alpha value is -0.220. The molecule has 0 fully saturated rings.